The molecule has 2 aliphatic rings. The number of nitrogens with one attached hydrogen (secondary N) is 1. The quantitative estimate of drug-likeness (QED) is 0.782. The SMILES string of the molecule is CCOP(=O)(O)C1CNCC12CCSCC2.Cl. The summed E-state index contributed by atoms with van der Waals surface area (Å²) < 4.78 is 17.3. The highest BCUT2D eigenvalue weighted by Crippen LogP contribution is 2.59. The zero-order chi connectivity index (χ0) is 11.6. The average Bonchev–Trinajstić information content (AvgIpc) is 2.63. The minimum atomic E-state index is -3.45. The molecule has 2 saturated heterocycles. The second-order valence-corrected chi connectivity index (χ2v) is 7.84. The average molecular weight is 302 g/mol. The lowest BCUT2D eigenvalue weighted by Gasteiger charge is -2.38. The molecule has 4 nitrogen and oxygen atoms in total. The lowest BCUT2D eigenvalue weighted by Crippen LogP contribution is -2.38. The van der Waals surface area contributed by atoms with Gasteiger partial charge in [-0.3, -0.25) is 4.57 Å². The molecule has 0 bridgehead atoms. The first kappa shape index (κ1) is 15.8. The van der Waals surface area contributed by atoms with E-state index in [4.69, 9.17) is 4.52 Å². The van der Waals surface area contributed by atoms with Crippen LogP contribution >= 0.6 is 31.8 Å². The number of hydrogen-bond acceptors (Lipinski definition) is 4. The van der Waals surface area contributed by atoms with Crippen LogP contribution in [0.1, 0.15) is 19.8 Å². The van der Waals surface area contributed by atoms with Gasteiger partial charge < -0.3 is 14.7 Å². The maximum atomic E-state index is 12.2. The minimum Gasteiger partial charge on any atom is -0.324 e. The van der Waals surface area contributed by atoms with Gasteiger partial charge in [0.1, 0.15) is 0 Å². The molecule has 2 unspecified atom stereocenters. The fourth-order valence-corrected chi connectivity index (χ4v) is 6.07. The molecule has 102 valence electrons. The summed E-state index contributed by atoms with van der Waals surface area (Å²) in [5.74, 6) is 2.20. The number of hydrogen-bond donors (Lipinski definition) is 2. The molecule has 7 heteroatoms. The number of halogens is 1. The lowest BCUT2D eigenvalue weighted by molar-refractivity contribution is 0.223. The van der Waals surface area contributed by atoms with E-state index in [0.717, 1.165) is 30.9 Å². The molecule has 2 atom stereocenters. The molecule has 2 heterocycles. The molecule has 2 rings (SSSR count). The van der Waals surface area contributed by atoms with Crippen LogP contribution in [0.25, 0.3) is 0 Å². The van der Waals surface area contributed by atoms with Crippen molar-refractivity contribution in [2.24, 2.45) is 5.41 Å². The van der Waals surface area contributed by atoms with E-state index >= 15 is 0 Å². The van der Waals surface area contributed by atoms with Gasteiger partial charge in [-0.25, -0.2) is 0 Å². The summed E-state index contributed by atoms with van der Waals surface area (Å²) in [7, 11) is -3.45. The van der Waals surface area contributed by atoms with Gasteiger partial charge in [0.25, 0.3) is 0 Å². The Hall–Kier alpha value is 0.750. The van der Waals surface area contributed by atoms with Gasteiger partial charge in [-0.2, -0.15) is 11.8 Å². The molecular formula is C10H21ClNO3PS. The van der Waals surface area contributed by atoms with Crippen LogP contribution in [0.4, 0.5) is 0 Å². The first-order valence-corrected chi connectivity index (χ1v) is 8.66. The van der Waals surface area contributed by atoms with Crippen molar-refractivity contribution in [3.63, 3.8) is 0 Å². The van der Waals surface area contributed by atoms with E-state index in [2.05, 4.69) is 5.32 Å². The first-order valence-electron chi connectivity index (χ1n) is 5.86. The number of thioether (sulfide) groups is 1. The van der Waals surface area contributed by atoms with Crippen LogP contribution < -0.4 is 5.32 Å². The van der Waals surface area contributed by atoms with Crippen LogP contribution in [-0.4, -0.2) is 41.8 Å². The van der Waals surface area contributed by atoms with Crippen molar-refractivity contribution in [2.45, 2.75) is 25.4 Å². The molecule has 2 fully saturated rings. The highest BCUT2D eigenvalue weighted by Gasteiger charge is 2.52. The lowest BCUT2D eigenvalue weighted by atomic mass is 9.81. The normalized spacial score (nSPS) is 30.8. The molecular weight excluding hydrogens is 281 g/mol. The van der Waals surface area contributed by atoms with E-state index in [1.54, 1.807) is 6.92 Å². The fourth-order valence-electron chi connectivity index (χ4n) is 2.82. The molecule has 2 aliphatic heterocycles. The first-order chi connectivity index (χ1) is 7.61. The molecule has 0 aliphatic carbocycles. The highest BCUT2D eigenvalue weighted by atomic mass is 35.5. The molecule has 0 aromatic heterocycles. The predicted octanol–water partition coefficient (Wildman–Crippen LogP) is 2.12. The Morgan fingerprint density at radius 3 is 2.76 bits per heavy atom. The van der Waals surface area contributed by atoms with Crippen molar-refractivity contribution in [1.29, 1.82) is 0 Å². The van der Waals surface area contributed by atoms with Crippen LogP contribution in [0.15, 0.2) is 0 Å². The van der Waals surface area contributed by atoms with Gasteiger partial charge >= 0.3 is 7.60 Å². The molecule has 17 heavy (non-hydrogen) atoms. The topological polar surface area (TPSA) is 58.6 Å². The Kier molecular flexibility index (Phi) is 5.83. The van der Waals surface area contributed by atoms with E-state index in [-0.39, 0.29) is 23.5 Å². The van der Waals surface area contributed by atoms with Crippen molar-refractivity contribution < 1.29 is 14.0 Å². The van der Waals surface area contributed by atoms with Gasteiger partial charge in [0.05, 0.1) is 12.3 Å². The molecule has 0 saturated carbocycles. The van der Waals surface area contributed by atoms with Gasteiger partial charge in [-0.05, 0) is 36.7 Å². The van der Waals surface area contributed by atoms with Gasteiger partial charge in [0.15, 0.2) is 0 Å². The van der Waals surface area contributed by atoms with Gasteiger partial charge in [0, 0.05) is 13.1 Å². The smallest absolute Gasteiger partial charge is 0.324 e. The largest absolute Gasteiger partial charge is 0.333 e. The Balaban J connectivity index is 0.00000144. The molecule has 0 radical (unpaired) electrons. The van der Waals surface area contributed by atoms with Crippen molar-refractivity contribution in [2.75, 3.05) is 31.2 Å². The summed E-state index contributed by atoms with van der Waals surface area (Å²) >= 11 is 1.94. The Morgan fingerprint density at radius 1 is 1.53 bits per heavy atom. The van der Waals surface area contributed by atoms with Crippen LogP contribution in [0.2, 0.25) is 0 Å². The Labute approximate surface area is 113 Å². The minimum absolute atomic E-state index is 0. The van der Waals surface area contributed by atoms with Crippen LogP contribution in [0, 0.1) is 5.41 Å². The Morgan fingerprint density at radius 2 is 2.18 bits per heavy atom. The van der Waals surface area contributed by atoms with Crippen molar-refractivity contribution >= 4 is 31.8 Å². The van der Waals surface area contributed by atoms with Crippen molar-refractivity contribution in [3.8, 4) is 0 Å². The highest BCUT2D eigenvalue weighted by molar-refractivity contribution is 7.99. The van der Waals surface area contributed by atoms with Gasteiger partial charge in [-0.1, -0.05) is 0 Å². The predicted molar refractivity (Wildman–Crippen MR) is 74.3 cm³/mol. The summed E-state index contributed by atoms with van der Waals surface area (Å²) in [5.41, 5.74) is -0.203. The van der Waals surface area contributed by atoms with Crippen molar-refractivity contribution in [1.82, 2.24) is 5.32 Å². The summed E-state index contributed by atoms with van der Waals surface area (Å²) in [4.78, 5) is 10.0. The van der Waals surface area contributed by atoms with Crippen LogP contribution in [-0.2, 0) is 9.09 Å². The van der Waals surface area contributed by atoms with Crippen LogP contribution in [0.5, 0.6) is 0 Å². The van der Waals surface area contributed by atoms with Crippen molar-refractivity contribution in [3.05, 3.63) is 0 Å². The van der Waals surface area contributed by atoms with E-state index in [9.17, 15) is 9.46 Å². The third-order valence-electron chi connectivity index (χ3n) is 3.72. The summed E-state index contributed by atoms with van der Waals surface area (Å²) in [6.07, 6.45) is 2.07. The second-order valence-electron chi connectivity index (χ2n) is 4.60. The maximum absolute atomic E-state index is 12.2. The summed E-state index contributed by atoms with van der Waals surface area (Å²) in [6.45, 7) is 3.58. The second kappa shape index (κ2) is 6.27. The standard InChI is InChI=1S/C10H20NO3PS.ClH/c1-2-14-15(12,13)9-7-11-8-10(9)3-5-16-6-4-10;/h9,11H,2-8H2,1H3,(H,12,13);1H. The third kappa shape index (κ3) is 3.20. The molecule has 2 N–H and O–H groups in total. The van der Waals surface area contributed by atoms with E-state index in [1.165, 1.54) is 0 Å². The third-order valence-corrected chi connectivity index (χ3v) is 6.85. The zero-order valence-electron chi connectivity index (χ0n) is 10.1. The molecule has 0 aromatic carbocycles. The fraction of sp³-hybridized carbons (Fsp3) is 1.00. The molecule has 1 spiro atoms. The monoisotopic (exact) mass is 301 g/mol. The van der Waals surface area contributed by atoms with Gasteiger partial charge in [0.2, 0.25) is 0 Å². The van der Waals surface area contributed by atoms with E-state index < -0.39 is 7.60 Å². The summed E-state index contributed by atoms with van der Waals surface area (Å²) in [6, 6.07) is 0. The molecule has 0 aromatic rings. The van der Waals surface area contributed by atoms with E-state index in [1.807, 2.05) is 11.8 Å². The zero-order valence-corrected chi connectivity index (χ0v) is 12.6. The summed E-state index contributed by atoms with van der Waals surface area (Å²) in [5, 5.41) is 3.28. The number of rotatable bonds is 3. The van der Waals surface area contributed by atoms with Gasteiger partial charge in [-0.15, -0.1) is 12.4 Å². The Bertz CT molecular complexity index is 299. The maximum Gasteiger partial charge on any atom is 0.333 e. The van der Waals surface area contributed by atoms with Crippen LogP contribution in [0.3, 0.4) is 0 Å². The molecule has 0 amide bonds. The van der Waals surface area contributed by atoms with E-state index in [0.29, 0.717) is 13.2 Å².